The molecule has 1 saturated carbocycles. The second kappa shape index (κ2) is 13.9. The predicted molar refractivity (Wildman–Crippen MR) is 141 cm³/mol. The highest BCUT2D eigenvalue weighted by atomic mass is 127. The highest BCUT2D eigenvalue weighted by Crippen LogP contribution is 2.33. The lowest BCUT2D eigenvalue weighted by atomic mass is 9.80. The SMILES string of the molecule is CCN1CCCC1CNC(=NCC(=O)N(C)C)NCC1(N2CCOCC2)CCCCC1.I. The minimum Gasteiger partial charge on any atom is -0.379 e. The fraction of sp³-hybridized carbons (Fsp3) is 0.913. The molecule has 0 bridgehead atoms. The number of ether oxygens (including phenoxy) is 1. The summed E-state index contributed by atoms with van der Waals surface area (Å²) in [7, 11) is 3.57. The summed E-state index contributed by atoms with van der Waals surface area (Å²) in [6, 6.07) is 0.546. The van der Waals surface area contributed by atoms with Crippen LogP contribution in [-0.4, -0.2) is 111 Å². The third kappa shape index (κ3) is 7.70. The largest absolute Gasteiger partial charge is 0.379 e. The van der Waals surface area contributed by atoms with E-state index < -0.39 is 0 Å². The van der Waals surface area contributed by atoms with E-state index in [1.807, 2.05) is 0 Å². The quantitative estimate of drug-likeness (QED) is 0.266. The molecule has 2 aliphatic heterocycles. The number of rotatable bonds is 8. The van der Waals surface area contributed by atoms with E-state index >= 15 is 0 Å². The highest BCUT2D eigenvalue weighted by molar-refractivity contribution is 14.0. The van der Waals surface area contributed by atoms with Crippen molar-refractivity contribution in [3.8, 4) is 0 Å². The zero-order valence-corrected chi connectivity index (χ0v) is 22.7. The first-order valence-corrected chi connectivity index (χ1v) is 12.3. The molecule has 0 radical (unpaired) electrons. The van der Waals surface area contributed by atoms with Crippen LogP contribution in [0.5, 0.6) is 0 Å². The summed E-state index contributed by atoms with van der Waals surface area (Å²) in [5.74, 6) is 0.800. The van der Waals surface area contributed by atoms with Crippen LogP contribution in [0, 0.1) is 0 Å². The Kier molecular flexibility index (Phi) is 12.0. The molecule has 32 heavy (non-hydrogen) atoms. The van der Waals surface area contributed by atoms with E-state index in [0.29, 0.717) is 6.04 Å². The number of likely N-dealkylation sites (tertiary alicyclic amines) is 1. The Bertz CT molecular complexity index is 591. The van der Waals surface area contributed by atoms with Gasteiger partial charge in [0.05, 0.1) is 13.2 Å². The summed E-state index contributed by atoms with van der Waals surface area (Å²) < 4.78 is 5.62. The van der Waals surface area contributed by atoms with Crippen LogP contribution in [-0.2, 0) is 9.53 Å². The topological polar surface area (TPSA) is 72.4 Å². The first kappa shape index (κ1) is 27.6. The first-order valence-electron chi connectivity index (χ1n) is 12.3. The summed E-state index contributed by atoms with van der Waals surface area (Å²) in [6.07, 6.45) is 8.82. The van der Waals surface area contributed by atoms with E-state index in [0.717, 1.165) is 51.9 Å². The van der Waals surface area contributed by atoms with Crippen LogP contribution in [0.3, 0.4) is 0 Å². The van der Waals surface area contributed by atoms with Crippen LogP contribution < -0.4 is 10.6 Å². The van der Waals surface area contributed by atoms with Gasteiger partial charge in [-0.1, -0.05) is 26.2 Å². The zero-order chi connectivity index (χ0) is 22.1. The molecular formula is C23H45IN6O2. The lowest BCUT2D eigenvalue weighted by Gasteiger charge is -2.48. The smallest absolute Gasteiger partial charge is 0.243 e. The van der Waals surface area contributed by atoms with Crippen LogP contribution in [0.2, 0.25) is 0 Å². The van der Waals surface area contributed by atoms with Crippen LogP contribution in [0.1, 0.15) is 51.9 Å². The van der Waals surface area contributed by atoms with Crippen molar-refractivity contribution >= 4 is 35.8 Å². The van der Waals surface area contributed by atoms with Gasteiger partial charge in [0.15, 0.2) is 5.96 Å². The van der Waals surface area contributed by atoms with Crippen molar-refractivity contribution in [2.24, 2.45) is 4.99 Å². The van der Waals surface area contributed by atoms with Gasteiger partial charge in [-0.25, -0.2) is 4.99 Å². The Hall–Kier alpha value is -0.650. The van der Waals surface area contributed by atoms with E-state index in [1.54, 1.807) is 19.0 Å². The molecule has 1 unspecified atom stereocenters. The number of amides is 1. The summed E-state index contributed by atoms with van der Waals surface area (Å²) in [6.45, 7) is 10.1. The highest BCUT2D eigenvalue weighted by Gasteiger charge is 2.38. The Morgan fingerprint density at radius 2 is 1.81 bits per heavy atom. The first-order chi connectivity index (χ1) is 15.0. The number of hydrogen-bond donors (Lipinski definition) is 2. The normalized spacial score (nSPS) is 24.6. The standard InChI is InChI=1S/C23H44N6O2.HI/c1-4-28-12-8-9-20(28)17-24-22(25-18-21(30)27(2)3)26-19-23(10-6-5-7-11-23)29-13-15-31-16-14-29;/h20H,4-19H2,1-3H3,(H2,24,25,26);1H. The molecule has 0 aromatic rings. The van der Waals surface area contributed by atoms with Crippen LogP contribution in [0.25, 0.3) is 0 Å². The Morgan fingerprint density at radius 1 is 1.09 bits per heavy atom. The lowest BCUT2D eigenvalue weighted by molar-refractivity contribution is -0.127. The van der Waals surface area contributed by atoms with Gasteiger partial charge in [-0.05, 0) is 38.8 Å². The van der Waals surface area contributed by atoms with Crippen molar-refractivity contribution in [2.45, 2.75) is 63.5 Å². The van der Waals surface area contributed by atoms with E-state index in [9.17, 15) is 4.79 Å². The van der Waals surface area contributed by atoms with Gasteiger partial charge in [0, 0.05) is 51.9 Å². The molecule has 0 aromatic heterocycles. The molecule has 186 valence electrons. The molecule has 1 aliphatic carbocycles. The second-order valence-electron chi connectivity index (χ2n) is 9.50. The van der Waals surface area contributed by atoms with Crippen LogP contribution in [0.15, 0.2) is 4.99 Å². The maximum atomic E-state index is 12.2. The molecule has 0 spiro atoms. The van der Waals surface area contributed by atoms with Gasteiger partial charge in [-0.15, -0.1) is 24.0 Å². The number of morpholine rings is 1. The number of hydrogen-bond acceptors (Lipinski definition) is 5. The molecule has 2 saturated heterocycles. The summed E-state index contributed by atoms with van der Waals surface area (Å²) >= 11 is 0. The van der Waals surface area contributed by atoms with Gasteiger partial charge in [-0.2, -0.15) is 0 Å². The number of guanidine groups is 1. The number of carbonyl (C=O) groups is 1. The van der Waals surface area contributed by atoms with Crippen molar-refractivity contribution in [1.82, 2.24) is 25.3 Å². The van der Waals surface area contributed by atoms with Gasteiger partial charge in [0.1, 0.15) is 6.54 Å². The number of nitrogens with zero attached hydrogens (tertiary/aromatic N) is 4. The molecule has 8 nitrogen and oxygen atoms in total. The zero-order valence-electron chi connectivity index (χ0n) is 20.4. The molecular weight excluding hydrogens is 519 g/mol. The molecule has 9 heteroatoms. The maximum Gasteiger partial charge on any atom is 0.243 e. The molecule has 3 fully saturated rings. The molecule has 3 aliphatic rings. The summed E-state index contributed by atoms with van der Waals surface area (Å²) in [4.78, 5) is 23.6. The van der Waals surface area contributed by atoms with Crippen molar-refractivity contribution in [1.29, 1.82) is 0 Å². The third-order valence-corrected chi connectivity index (χ3v) is 7.33. The van der Waals surface area contributed by atoms with Gasteiger partial charge in [0.2, 0.25) is 5.91 Å². The number of halogens is 1. The molecule has 3 rings (SSSR count). The van der Waals surface area contributed by atoms with Crippen molar-refractivity contribution in [3.05, 3.63) is 0 Å². The monoisotopic (exact) mass is 564 g/mol. The molecule has 1 atom stereocenters. The summed E-state index contributed by atoms with van der Waals surface area (Å²) in [5.41, 5.74) is 0.166. The fourth-order valence-electron chi connectivity index (χ4n) is 5.32. The summed E-state index contributed by atoms with van der Waals surface area (Å²) in [5, 5.41) is 7.21. The van der Waals surface area contributed by atoms with Crippen molar-refractivity contribution in [3.63, 3.8) is 0 Å². The van der Waals surface area contributed by atoms with Crippen molar-refractivity contribution in [2.75, 3.05) is 73.1 Å². The average molecular weight is 565 g/mol. The van der Waals surface area contributed by atoms with Crippen LogP contribution in [0.4, 0.5) is 0 Å². The number of nitrogens with one attached hydrogen (secondary N) is 2. The second-order valence-corrected chi connectivity index (χ2v) is 9.50. The predicted octanol–water partition coefficient (Wildman–Crippen LogP) is 1.75. The minimum absolute atomic E-state index is 0. The molecule has 0 aromatic carbocycles. The van der Waals surface area contributed by atoms with E-state index in [4.69, 9.17) is 4.74 Å². The van der Waals surface area contributed by atoms with Crippen molar-refractivity contribution < 1.29 is 9.53 Å². The van der Waals surface area contributed by atoms with Gasteiger partial charge in [-0.3, -0.25) is 14.6 Å². The lowest BCUT2D eigenvalue weighted by Crippen LogP contribution is -2.60. The number of aliphatic imine (C=N–C) groups is 1. The number of carbonyl (C=O) groups excluding carboxylic acids is 1. The van der Waals surface area contributed by atoms with E-state index in [1.165, 1.54) is 51.5 Å². The average Bonchev–Trinajstić information content (AvgIpc) is 3.27. The number of likely N-dealkylation sites (N-methyl/N-ethyl adjacent to an activating group) is 2. The van der Waals surface area contributed by atoms with Gasteiger partial charge in [0.25, 0.3) is 0 Å². The fourth-order valence-corrected chi connectivity index (χ4v) is 5.32. The third-order valence-electron chi connectivity index (χ3n) is 7.33. The van der Waals surface area contributed by atoms with E-state index in [-0.39, 0.29) is 42.0 Å². The molecule has 2 heterocycles. The van der Waals surface area contributed by atoms with Gasteiger partial charge >= 0.3 is 0 Å². The van der Waals surface area contributed by atoms with Gasteiger partial charge < -0.3 is 20.3 Å². The molecule has 2 N–H and O–H groups in total. The minimum atomic E-state index is 0. The Morgan fingerprint density at radius 3 is 2.47 bits per heavy atom. The Balaban J connectivity index is 0.00000363. The Labute approximate surface area is 211 Å². The molecule has 1 amide bonds. The van der Waals surface area contributed by atoms with Crippen LogP contribution >= 0.6 is 24.0 Å². The maximum absolute atomic E-state index is 12.2. The van der Waals surface area contributed by atoms with E-state index in [2.05, 4.69) is 32.3 Å².